The molecular formula is C18H16N2O2S. The van der Waals surface area contributed by atoms with Gasteiger partial charge in [-0.15, -0.1) is 0 Å². The van der Waals surface area contributed by atoms with E-state index >= 15 is 0 Å². The summed E-state index contributed by atoms with van der Waals surface area (Å²) in [6.45, 7) is 2.08. The van der Waals surface area contributed by atoms with Crippen molar-refractivity contribution >= 4 is 28.1 Å². The molecule has 3 aromatic rings. The molecule has 0 bridgehead atoms. The fraction of sp³-hybridized carbons (Fsp3) is 0.111. The second kappa shape index (κ2) is 6.62. The molecule has 4 nitrogen and oxygen atoms in total. The van der Waals surface area contributed by atoms with Crippen molar-refractivity contribution in [2.75, 3.05) is 5.32 Å². The topological polar surface area (TPSA) is 62.2 Å². The van der Waals surface area contributed by atoms with Crippen LogP contribution >= 0.6 is 11.3 Å². The van der Waals surface area contributed by atoms with Crippen molar-refractivity contribution in [1.82, 2.24) is 4.98 Å². The number of benzene rings is 2. The highest BCUT2D eigenvalue weighted by atomic mass is 32.1. The van der Waals surface area contributed by atoms with E-state index in [1.54, 1.807) is 0 Å². The lowest BCUT2D eigenvalue weighted by Gasteiger charge is -2.07. The van der Waals surface area contributed by atoms with Gasteiger partial charge in [-0.1, -0.05) is 66.8 Å². The Hall–Kier alpha value is -2.66. The van der Waals surface area contributed by atoms with Crippen molar-refractivity contribution in [3.8, 4) is 11.3 Å². The number of rotatable bonds is 5. The van der Waals surface area contributed by atoms with Gasteiger partial charge in [-0.25, -0.2) is 9.78 Å². The maximum absolute atomic E-state index is 11.5. The van der Waals surface area contributed by atoms with Crippen LogP contribution in [-0.4, -0.2) is 16.1 Å². The molecule has 2 aromatic carbocycles. The minimum Gasteiger partial charge on any atom is -0.477 e. The number of nitrogens with zero attached hydrogens (tertiary/aromatic N) is 1. The number of carbonyl (C=O) groups is 1. The Morgan fingerprint density at radius 3 is 2.52 bits per heavy atom. The summed E-state index contributed by atoms with van der Waals surface area (Å²) in [5.74, 6) is -0.960. The Balaban J connectivity index is 2.00. The molecule has 0 aliphatic carbocycles. The fourth-order valence-corrected chi connectivity index (χ4v) is 3.21. The van der Waals surface area contributed by atoms with E-state index in [9.17, 15) is 9.90 Å². The first-order valence-electron chi connectivity index (χ1n) is 7.33. The van der Waals surface area contributed by atoms with Crippen LogP contribution in [0.2, 0.25) is 0 Å². The first kappa shape index (κ1) is 15.2. The third-order valence-electron chi connectivity index (χ3n) is 3.51. The number of para-hydroxylation sites is 1. The van der Waals surface area contributed by atoms with Gasteiger partial charge < -0.3 is 10.4 Å². The number of hydrogen-bond acceptors (Lipinski definition) is 4. The molecule has 1 aromatic heterocycles. The summed E-state index contributed by atoms with van der Waals surface area (Å²) in [5, 5.41) is 13.3. The normalized spacial score (nSPS) is 10.5. The molecule has 3 rings (SSSR count). The standard InChI is InChI=1S/C18H16N2O2S/c1-2-12-8-6-7-11-14(12)19-18-20-15(16(23-18)17(21)22)13-9-4-3-5-10-13/h3-11H,2H2,1H3,(H,19,20)(H,21,22). The molecule has 5 heteroatoms. The Labute approximate surface area is 138 Å². The minimum absolute atomic E-state index is 0.243. The molecule has 0 fully saturated rings. The predicted molar refractivity (Wildman–Crippen MR) is 93.6 cm³/mol. The Morgan fingerprint density at radius 1 is 1.13 bits per heavy atom. The molecule has 23 heavy (non-hydrogen) atoms. The van der Waals surface area contributed by atoms with E-state index in [4.69, 9.17) is 0 Å². The van der Waals surface area contributed by atoms with Gasteiger partial charge in [-0.3, -0.25) is 0 Å². The molecule has 0 aliphatic rings. The van der Waals surface area contributed by atoms with Gasteiger partial charge in [0.25, 0.3) is 0 Å². The number of hydrogen-bond donors (Lipinski definition) is 2. The molecule has 0 saturated heterocycles. The van der Waals surface area contributed by atoms with Gasteiger partial charge in [-0.05, 0) is 18.1 Å². The summed E-state index contributed by atoms with van der Waals surface area (Å²) in [4.78, 5) is 16.3. The predicted octanol–water partition coefficient (Wildman–Crippen LogP) is 4.81. The highest BCUT2D eigenvalue weighted by molar-refractivity contribution is 7.18. The van der Waals surface area contributed by atoms with Crippen LogP contribution in [0.15, 0.2) is 54.6 Å². The van der Waals surface area contributed by atoms with Crippen molar-refractivity contribution in [3.63, 3.8) is 0 Å². The summed E-state index contributed by atoms with van der Waals surface area (Å²) in [6, 6.07) is 17.3. The number of carboxylic acid groups (broad SMARTS) is 1. The van der Waals surface area contributed by atoms with E-state index < -0.39 is 5.97 Å². The highest BCUT2D eigenvalue weighted by Crippen LogP contribution is 2.33. The van der Waals surface area contributed by atoms with Crippen LogP contribution in [0.1, 0.15) is 22.2 Å². The van der Waals surface area contributed by atoms with Gasteiger partial charge in [0.15, 0.2) is 5.13 Å². The van der Waals surface area contributed by atoms with Crippen LogP contribution in [0.3, 0.4) is 0 Å². The first-order valence-corrected chi connectivity index (χ1v) is 8.15. The highest BCUT2D eigenvalue weighted by Gasteiger charge is 2.19. The number of nitrogens with one attached hydrogen (secondary N) is 1. The second-order valence-electron chi connectivity index (χ2n) is 5.00. The molecule has 0 aliphatic heterocycles. The molecule has 0 radical (unpaired) electrons. The molecule has 1 heterocycles. The zero-order valence-corrected chi connectivity index (χ0v) is 13.4. The quantitative estimate of drug-likeness (QED) is 0.706. The molecule has 116 valence electrons. The number of carboxylic acids is 1. The van der Waals surface area contributed by atoms with Crippen LogP contribution in [0.25, 0.3) is 11.3 Å². The van der Waals surface area contributed by atoms with Crippen LogP contribution < -0.4 is 5.32 Å². The molecule has 0 spiro atoms. The monoisotopic (exact) mass is 324 g/mol. The third-order valence-corrected chi connectivity index (χ3v) is 4.47. The Kier molecular flexibility index (Phi) is 4.39. The lowest BCUT2D eigenvalue weighted by atomic mass is 10.1. The molecule has 2 N–H and O–H groups in total. The summed E-state index contributed by atoms with van der Waals surface area (Å²) in [5.41, 5.74) is 3.43. The van der Waals surface area contributed by atoms with Gasteiger partial charge >= 0.3 is 5.97 Å². The summed E-state index contributed by atoms with van der Waals surface area (Å²) in [7, 11) is 0. The third kappa shape index (κ3) is 3.24. The summed E-state index contributed by atoms with van der Waals surface area (Å²) >= 11 is 1.15. The van der Waals surface area contributed by atoms with E-state index in [-0.39, 0.29) is 4.88 Å². The van der Waals surface area contributed by atoms with Crippen LogP contribution in [0.4, 0.5) is 10.8 Å². The molecular weight excluding hydrogens is 308 g/mol. The van der Waals surface area contributed by atoms with Crippen molar-refractivity contribution in [3.05, 3.63) is 65.0 Å². The maximum atomic E-state index is 11.5. The van der Waals surface area contributed by atoms with Crippen molar-refractivity contribution in [1.29, 1.82) is 0 Å². The van der Waals surface area contributed by atoms with E-state index in [1.165, 1.54) is 5.56 Å². The SMILES string of the molecule is CCc1ccccc1Nc1nc(-c2ccccc2)c(C(=O)O)s1. The Bertz CT molecular complexity index is 828. The minimum atomic E-state index is -0.960. The van der Waals surface area contributed by atoms with Gasteiger partial charge in [0.2, 0.25) is 0 Å². The van der Waals surface area contributed by atoms with Crippen molar-refractivity contribution < 1.29 is 9.90 Å². The van der Waals surface area contributed by atoms with E-state index in [0.717, 1.165) is 29.0 Å². The van der Waals surface area contributed by atoms with Crippen LogP contribution in [-0.2, 0) is 6.42 Å². The molecule has 0 amide bonds. The van der Waals surface area contributed by atoms with Crippen molar-refractivity contribution in [2.24, 2.45) is 0 Å². The van der Waals surface area contributed by atoms with Crippen LogP contribution in [0, 0.1) is 0 Å². The summed E-state index contributed by atoms with van der Waals surface area (Å²) in [6.07, 6.45) is 0.895. The molecule has 0 unspecified atom stereocenters. The largest absolute Gasteiger partial charge is 0.477 e. The van der Waals surface area contributed by atoms with E-state index in [2.05, 4.69) is 17.2 Å². The average Bonchev–Trinajstić information content (AvgIpc) is 3.00. The zero-order valence-electron chi connectivity index (χ0n) is 12.6. The van der Waals surface area contributed by atoms with E-state index in [0.29, 0.717) is 10.8 Å². The number of aryl methyl sites for hydroxylation is 1. The number of anilines is 2. The molecule has 0 saturated carbocycles. The first-order chi connectivity index (χ1) is 11.2. The second-order valence-corrected chi connectivity index (χ2v) is 6.00. The van der Waals surface area contributed by atoms with Crippen molar-refractivity contribution in [2.45, 2.75) is 13.3 Å². The number of thiazole rings is 1. The van der Waals surface area contributed by atoms with Gasteiger partial charge in [-0.2, -0.15) is 0 Å². The fourth-order valence-electron chi connectivity index (χ4n) is 2.38. The smallest absolute Gasteiger partial charge is 0.348 e. The number of aromatic nitrogens is 1. The maximum Gasteiger partial charge on any atom is 0.348 e. The van der Waals surface area contributed by atoms with Gasteiger partial charge in [0.05, 0.1) is 5.69 Å². The lowest BCUT2D eigenvalue weighted by Crippen LogP contribution is -1.95. The zero-order chi connectivity index (χ0) is 16.2. The van der Waals surface area contributed by atoms with Crippen LogP contribution in [0.5, 0.6) is 0 Å². The number of aromatic carboxylic acids is 1. The van der Waals surface area contributed by atoms with E-state index in [1.807, 2.05) is 54.6 Å². The molecule has 0 atom stereocenters. The summed E-state index contributed by atoms with van der Waals surface area (Å²) < 4.78 is 0. The Morgan fingerprint density at radius 2 is 1.83 bits per heavy atom. The van der Waals surface area contributed by atoms with Gasteiger partial charge in [0.1, 0.15) is 4.88 Å². The van der Waals surface area contributed by atoms with Gasteiger partial charge in [0, 0.05) is 11.3 Å². The lowest BCUT2D eigenvalue weighted by molar-refractivity contribution is 0.0702. The average molecular weight is 324 g/mol.